The standard InChI is InChI=1S/C15H22F3NO/c1-4-9-19-14(12(3)20-10-15(16,17)18)13-7-5-11(2)6-8-13/h5-8,12,14,19H,4,9-10H2,1-3H3. The summed E-state index contributed by atoms with van der Waals surface area (Å²) in [5, 5.41) is 3.25. The van der Waals surface area contributed by atoms with E-state index >= 15 is 0 Å². The van der Waals surface area contributed by atoms with Gasteiger partial charge < -0.3 is 10.1 Å². The van der Waals surface area contributed by atoms with Crippen LogP contribution in [0.4, 0.5) is 13.2 Å². The van der Waals surface area contributed by atoms with E-state index < -0.39 is 18.9 Å². The third kappa shape index (κ3) is 5.92. The van der Waals surface area contributed by atoms with E-state index in [0.717, 1.165) is 24.1 Å². The number of hydrogen-bond donors (Lipinski definition) is 1. The smallest absolute Gasteiger partial charge is 0.367 e. The molecule has 1 aromatic rings. The van der Waals surface area contributed by atoms with Gasteiger partial charge in [0, 0.05) is 0 Å². The molecule has 0 fully saturated rings. The van der Waals surface area contributed by atoms with Crippen molar-refractivity contribution in [3.63, 3.8) is 0 Å². The largest absolute Gasteiger partial charge is 0.411 e. The lowest BCUT2D eigenvalue weighted by molar-refractivity contribution is -0.186. The lowest BCUT2D eigenvalue weighted by Gasteiger charge is -2.26. The van der Waals surface area contributed by atoms with Gasteiger partial charge in [-0.05, 0) is 32.4 Å². The van der Waals surface area contributed by atoms with Crippen LogP contribution < -0.4 is 5.32 Å². The van der Waals surface area contributed by atoms with Crippen molar-refractivity contribution < 1.29 is 17.9 Å². The summed E-state index contributed by atoms with van der Waals surface area (Å²) >= 11 is 0. The van der Waals surface area contributed by atoms with Crippen LogP contribution >= 0.6 is 0 Å². The van der Waals surface area contributed by atoms with Gasteiger partial charge in [0.05, 0.1) is 12.1 Å². The SMILES string of the molecule is CCCNC(c1ccc(C)cc1)C(C)OCC(F)(F)F. The third-order valence-electron chi connectivity index (χ3n) is 3.03. The number of ether oxygens (including phenoxy) is 1. The lowest BCUT2D eigenvalue weighted by Crippen LogP contribution is -2.34. The van der Waals surface area contributed by atoms with Gasteiger partial charge in [0.15, 0.2) is 0 Å². The van der Waals surface area contributed by atoms with Crippen LogP contribution in [-0.2, 0) is 4.74 Å². The first-order chi connectivity index (χ1) is 9.33. The van der Waals surface area contributed by atoms with Crippen LogP contribution in [0, 0.1) is 6.92 Å². The Kier molecular flexibility index (Phi) is 6.49. The summed E-state index contributed by atoms with van der Waals surface area (Å²) in [6.07, 6.45) is -3.93. The van der Waals surface area contributed by atoms with E-state index in [2.05, 4.69) is 5.32 Å². The number of rotatable bonds is 7. The quantitative estimate of drug-likeness (QED) is 0.819. The lowest BCUT2D eigenvalue weighted by atomic mass is 10.0. The first-order valence-electron chi connectivity index (χ1n) is 6.81. The zero-order valence-corrected chi connectivity index (χ0v) is 12.1. The molecule has 0 aliphatic rings. The molecule has 0 aliphatic heterocycles. The minimum atomic E-state index is -4.29. The fourth-order valence-corrected chi connectivity index (χ4v) is 1.95. The minimum absolute atomic E-state index is 0.238. The van der Waals surface area contributed by atoms with Gasteiger partial charge in [0.2, 0.25) is 0 Å². The van der Waals surface area contributed by atoms with Gasteiger partial charge in [-0.25, -0.2) is 0 Å². The third-order valence-corrected chi connectivity index (χ3v) is 3.03. The van der Waals surface area contributed by atoms with Crippen LogP contribution in [0.15, 0.2) is 24.3 Å². The first kappa shape index (κ1) is 17.0. The van der Waals surface area contributed by atoms with Crippen LogP contribution in [0.3, 0.4) is 0 Å². The molecule has 114 valence electrons. The van der Waals surface area contributed by atoms with Gasteiger partial charge in [0.25, 0.3) is 0 Å². The highest BCUT2D eigenvalue weighted by Gasteiger charge is 2.30. The van der Waals surface area contributed by atoms with E-state index in [9.17, 15) is 13.2 Å². The average molecular weight is 289 g/mol. The summed E-state index contributed by atoms with van der Waals surface area (Å²) in [4.78, 5) is 0. The van der Waals surface area contributed by atoms with Gasteiger partial charge in [0.1, 0.15) is 6.61 Å². The second-order valence-corrected chi connectivity index (χ2v) is 4.97. The molecule has 5 heteroatoms. The van der Waals surface area contributed by atoms with E-state index in [4.69, 9.17) is 4.74 Å². The molecule has 2 atom stereocenters. The minimum Gasteiger partial charge on any atom is -0.367 e. The molecule has 0 saturated heterocycles. The summed E-state index contributed by atoms with van der Waals surface area (Å²) in [5.74, 6) is 0. The highest BCUT2D eigenvalue weighted by molar-refractivity contribution is 5.24. The van der Waals surface area contributed by atoms with E-state index in [0.29, 0.717) is 0 Å². The van der Waals surface area contributed by atoms with Crippen molar-refractivity contribution in [1.82, 2.24) is 5.32 Å². The molecular weight excluding hydrogens is 267 g/mol. The topological polar surface area (TPSA) is 21.3 Å². The van der Waals surface area contributed by atoms with Crippen LogP contribution in [0.2, 0.25) is 0 Å². The van der Waals surface area contributed by atoms with Gasteiger partial charge >= 0.3 is 6.18 Å². The summed E-state index contributed by atoms with van der Waals surface area (Å²) in [5.41, 5.74) is 2.06. The molecule has 0 amide bonds. The summed E-state index contributed by atoms with van der Waals surface area (Å²) < 4.78 is 41.7. The second-order valence-electron chi connectivity index (χ2n) is 4.97. The van der Waals surface area contributed by atoms with E-state index in [-0.39, 0.29) is 6.04 Å². The molecule has 20 heavy (non-hydrogen) atoms. The number of nitrogens with one attached hydrogen (secondary N) is 1. The van der Waals surface area contributed by atoms with Gasteiger partial charge in [-0.2, -0.15) is 13.2 Å². The number of halogens is 3. The number of aryl methyl sites for hydroxylation is 1. The zero-order chi connectivity index (χ0) is 15.2. The molecule has 0 aliphatic carbocycles. The molecule has 0 radical (unpaired) electrons. The average Bonchev–Trinajstić information content (AvgIpc) is 2.38. The Bertz CT molecular complexity index is 389. The van der Waals surface area contributed by atoms with Crippen molar-refractivity contribution in [2.75, 3.05) is 13.2 Å². The number of benzene rings is 1. The van der Waals surface area contributed by atoms with Crippen LogP contribution in [0.1, 0.15) is 37.4 Å². The Morgan fingerprint density at radius 2 is 1.80 bits per heavy atom. The molecular formula is C15H22F3NO. The molecule has 0 aromatic heterocycles. The number of hydrogen-bond acceptors (Lipinski definition) is 2. The summed E-state index contributed by atoms with van der Waals surface area (Å²) in [6.45, 7) is 5.17. The highest BCUT2D eigenvalue weighted by atomic mass is 19.4. The maximum atomic E-state index is 12.2. The van der Waals surface area contributed by atoms with Gasteiger partial charge in [-0.1, -0.05) is 36.8 Å². The molecule has 2 nitrogen and oxygen atoms in total. The molecule has 1 rings (SSSR count). The maximum Gasteiger partial charge on any atom is 0.411 e. The first-order valence-corrected chi connectivity index (χ1v) is 6.81. The second kappa shape index (κ2) is 7.64. The van der Waals surface area contributed by atoms with E-state index in [1.54, 1.807) is 6.92 Å². The summed E-state index contributed by atoms with van der Waals surface area (Å²) in [7, 11) is 0. The molecule has 1 aromatic carbocycles. The van der Waals surface area contributed by atoms with Crippen molar-refractivity contribution in [2.45, 2.75) is 45.5 Å². The zero-order valence-electron chi connectivity index (χ0n) is 12.1. The highest BCUT2D eigenvalue weighted by Crippen LogP contribution is 2.23. The van der Waals surface area contributed by atoms with Crippen LogP contribution in [0.5, 0.6) is 0 Å². The predicted octanol–water partition coefficient (Wildman–Crippen LogP) is 4.00. The van der Waals surface area contributed by atoms with Gasteiger partial charge in [-0.15, -0.1) is 0 Å². The Balaban J connectivity index is 2.74. The van der Waals surface area contributed by atoms with E-state index in [1.807, 2.05) is 38.1 Å². The summed E-state index contributed by atoms with van der Waals surface area (Å²) in [6, 6.07) is 7.52. The fraction of sp³-hybridized carbons (Fsp3) is 0.600. The van der Waals surface area contributed by atoms with Crippen molar-refractivity contribution in [3.05, 3.63) is 35.4 Å². The van der Waals surface area contributed by atoms with Crippen molar-refractivity contribution in [3.8, 4) is 0 Å². The Labute approximate surface area is 118 Å². The Morgan fingerprint density at radius 1 is 1.20 bits per heavy atom. The van der Waals surface area contributed by atoms with Gasteiger partial charge in [-0.3, -0.25) is 0 Å². The Hall–Kier alpha value is -1.07. The molecule has 0 saturated carbocycles. The normalized spacial score (nSPS) is 15.1. The molecule has 2 unspecified atom stereocenters. The Morgan fingerprint density at radius 3 is 2.30 bits per heavy atom. The predicted molar refractivity (Wildman–Crippen MR) is 73.7 cm³/mol. The molecule has 0 heterocycles. The van der Waals surface area contributed by atoms with Crippen molar-refractivity contribution in [2.24, 2.45) is 0 Å². The molecule has 1 N–H and O–H groups in total. The fourth-order valence-electron chi connectivity index (χ4n) is 1.95. The monoisotopic (exact) mass is 289 g/mol. The maximum absolute atomic E-state index is 12.2. The van der Waals surface area contributed by atoms with Crippen molar-refractivity contribution >= 4 is 0 Å². The number of alkyl halides is 3. The van der Waals surface area contributed by atoms with Crippen LogP contribution in [-0.4, -0.2) is 25.4 Å². The van der Waals surface area contributed by atoms with E-state index in [1.165, 1.54) is 0 Å². The molecule has 0 bridgehead atoms. The molecule has 0 spiro atoms. The van der Waals surface area contributed by atoms with Crippen LogP contribution in [0.25, 0.3) is 0 Å². The van der Waals surface area contributed by atoms with Crippen molar-refractivity contribution in [1.29, 1.82) is 0 Å².